The first-order valence-corrected chi connectivity index (χ1v) is 8.31. The zero-order valence-electron chi connectivity index (χ0n) is 15.5. The van der Waals surface area contributed by atoms with Crippen molar-refractivity contribution in [1.82, 2.24) is 4.90 Å². The molecule has 1 amide bonds. The van der Waals surface area contributed by atoms with Crippen molar-refractivity contribution < 1.29 is 23.9 Å². The van der Waals surface area contributed by atoms with Gasteiger partial charge in [-0.15, -0.1) is 0 Å². The first-order valence-electron chi connectivity index (χ1n) is 8.31. The predicted octanol–water partition coefficient (Wildman–Crippen LogP) is 3.10. The van der Waals surface area contributed by atoms with E-state index in [1.54, 1.807) is 18.7 Å². The molecule has 1 fully saturated rings. The van der Waals surface area contributed by atoms with E-state index >= 15 is 0 Å². The van der Waals surface area contributed by atoms with Gasteiger partial charge in [0.25, 0.3) is 0 Å². The number of allylic oxidation sites excluding steroid dienone is 1. The Kier molecular flexibility index (Phi) is 6.58. The molecule has 0 radical (unpaired) electrons. The molecule has 0 aliphatic carbocycles. The van der Waals surface area contributed by atoms with E-state index in [2.05, 4.69) is 0 Å². The Morgan fingerprint density at radius 3 is 2.00 bits per heavy atom. The quantitative estimate of drug-likeness (QED) is 0.581. The topological polar surface area (TPSA) is 72.9 Å². The van der Waals surface area contributed by atoms with E-state index in [1.165, 1.54) is 13.0 Å². The maximum absolute atomic E-state index is 12.1. The van der Waals surface area contributed by atoms with Crippen LogP contribution >= 0.6 is 0 Å². The second-order valence-corrected chi connectivity index (χ2v) is 7.63. The van der Waals surface area contributed by atoms with Crippen LogP contribution in [0, 0.1) is 5.92 Å². The van der Waals surface area contributed by atoms with E-state index in [0.29, 0.717) is 13.1 Å². The van der Waals surface area contributed by atoms with Crippen LogP contribution in [0.2, 0.25) is 0 Å². The van der Waals surface area contributed by atoms with Crippen LogP contribution in [0.1, 0.15) is 54.4 Å². The van der Waals surface area contributed by atoms with Crippen molar-refractivity contribution in [3.05, 3.63) is 12.2 Å². The van der Waals surface area contributed by atoms with Crippen LogP contribution in [0.15, 0.2) is 12.2 Å². The highest BCUT2D eigenvalue weighted by molar-refractivity contribution is 5.97. The number of ether oxygens (including phenoxy) is 2. The summed E-state index contributed by atoms with van der Waals surface area (Å²) in [7, 11) is 0. The summed E-state index contributed by atoms with van der Waals surface area (Å²) >= 11 is 0. The lowest BCUT2D eigenvalue weighted by atomic mass is 9.94. The average Bonchev–Trinajstić information content (AvgIpc) is 2.42. The molecular formula is C18H29NO5. The van der Waals surface area contributed by atoms with E-state index in [1.807, 2.05) is 26.8 Å². The fourth-order valence-corrected chi connectivity index (χ4v) is 2.43. The lowest BCUT2D eigenvalue weighted by molar-refractivity contribution is -0.159. The van der Waals surface area contributed by atoms with Crippen LogP contribution in [-0.2, 0) is 19.1 Å². The van der Waals surface area contributed by atoms with Crippen LogP contribution in [0.25, 0.3) is 0 Å². The summed E-state index contributed by atoms with van der Waals surface area (Å²) in [5, 5.41) is 0. The number of ketones is 1. The minimum absolute atomic E-state index is 0.223. The molecule has 1 rings (SSSR count). The van der Waals surface area contributed by atoms with Gasteiger partial charge in [-0.3, -0.25) is 9.59 Å². The van der Waals surface area contributed by atoms with Crippen molar-refractivity contribution in [2.24, 2.45) is 5.92 Å². The molecular weight excluding hydrogens is 310 g/mol. The maximum atomic E-state index is 12.1. The minimum Gasteiger partial charge on any atom is -0.451 e. The lowest BCUT2D eigenvalue weighted by Crippen LogP contribution is -2.41. The van der Waals surface area contributed by atoms with Crippen molar-refractivity contribution in [1.29, 1.82) is 0 Å². The summed E-state index contributed by atoms with van der Waals surface area (Å²) in [5.41, 5.74) is -1.65. The lowest BCUT2D eigenvalue weighted by Gasteiger charge is -2.32. The summed E-state index contributed by atoms with van der Waals surface area (Å²) in [6, 6.07) is 0. The first kappa shape index (κ1) is 20.2. The first-order chi connectivity index (χ1) is 10.9. The molecule has 6 heteroatoms. The molecule has 1 aliphatic rings. The second-order valence-electron chi connectivity index (χ2n) is 7.63. The van der Waals surface area contributed by atoms with Gasteiger partial charge < -0.3 is 14.4 Å². The van der Waals surface area contributed by atoms with Gasteiger partial charge in [-0.1, -0.05) is 6.08 Å². The number of piperidine rings is 1. The maximum Gasteiger partial charge on any atom is 0.410 e. The Hall–Kier alpha value is -1.85. The molecule has 0 saturated carbocycles. The van der Waals surface area contributed by atoms with E-state index in [4.69, 9.17) is 9.47 Å². The molecule has 0 atom stereocenters. The highest BCUT2D eigenvalue weighted by Gasteiger charge is 2.30. The van der Waals surface area contributed by atoms with Crippen molar-refractivity contribution in [2.45, 2.75) is 65.6 Å². The Morgan fingerprint density at radius 1 is 1.00 bits per heavy atom. The number of esters is 1. The fourth-order valence-electron chi connectivity index (χ4n) is 2.43. The molecule has 0 unspecified atom stereocenters. The number of carbonyl (C=O) groups is 3. The molecule has 0 aromatic carbocycles. The largest absolute Gasteiger partial charge is 0.451 e. The van der Waals surface area contributed by atoms with Crippen molar-refractivity contribution >= 4 is 17.8 Å². The highest BCUT2D eigenvalue weighted by Crippen LogP contribution is 2.21. The fraction of sp³-hybridized carbons (Fsp3) is 0.722. The number of hydrogen-bond acceptors (Lipinski definition) is 5. The van der Waals surface area contributed by atoms with Gasteiger partial charge in [0.2, 0.25) is 0 Å². The third kappa shape index (κ3) is 6.72. The van der Waals surface area contributed by atoms with Crippen LogP contribution in [0.3, 0.4) is 0 Å². The zero-order valence-corrected chi connectivity index (χ0v) is 15.5. The van der Waals surface area contributed by atoms with Crippen LogP contribution < -0.4 is 0 Å². The van der Waals surface area contributed by atoms with E-state index < -0.39 is 17.2 Å². The number of likely N-dealkylation sites (tertiary alicyclic amines) is 1. The molecule has 24 heavy (non-hydrogen) atoms. The van der Waals surface area contributed by atoms with Crippen molar-refractivity contribution in [2.75, 3.05) is 13.1 Å². The number of hydrogen-bond donors (Lipinski definition) is 0. The number of nitrogens with zero attached hydrogens (tertiary/aromatic N) is 1. The Morgan fingerprint density at radius 2 is 1.54 bits per heavy atom. The van der Waals surface area contributed by atoms with Gasteiger partial charge in [-0.2, -0.15) is 0 Å². The summed E-state index contributed by atoms with van der Waals surface area (Å²) in [6.07, 6.45) is 4.59. The molecule has 0 bridgehead atoms. The Labute approximate surface area is 144 Å². The number of rotatable bonds is 4. The monoisotopic (exact) mass is 339 g/mol. The molecule has 0 aromatic heterocycles. The summed E-state index contributed by atoms with van der Waals surface area (Å²) < 4.78 is 10.4. The Bertz CT molecular complexity index is 508. The molecule has 136 valence electrons. The highest BCUT2D eigenvalue weighted by atomic mass is 16.6. The molecule has 1 aliphatic heterocycles. The third-order valence-corrected chi connectivity index (χ3v) is 3.70. The average molecular weight is 339 g/mol. The second kappa shape index (κ2) is 7.81. The zero-order chi connectivity index (χ0) is 18.5. The normalized spacial score (nSPS) is 17.0. The molecule has 0 spiro atoms. The molecule has 0 N–H and O–H groups in total. The SMILES string of the molecule is CC(=O)OC(C)(C)C(=O)/C=C/C1CCN(C(=O)OC(C)(C)C)CC1. The standard InChI is InChI=1S/C18H29NO5/c1-13(20)23-18(5,6)15(21)8-7-14-9-11-19(12-10-14)16(22)24-17(2,3)4/h7-8,14H,9-12H2,1-6H3/b8-7+. The molecule has 1 saturated heterocycles. The summed E-state index contributed by atoms with van der Waals surface area (Å²) in [5.74, 6) is -0.500. The third-order valence-electron chi connectivity index (χ3n) is 3.70. The van der Waals surface area contributed by atoms with Gasteiger partial charge in [0.05, 0.1) is 0 Å². The van der Waals surface area contributed by atoms with Gasteiger partial charge in [0.1, 0.15) is 5.60 Å². The Balaban J connectivity index is 2.50. The molecule has 6 nitrogen and oxygen atoms in total. The van der Waals surface area contributed by atoms with Gasteiger partial charge in [0, 0.05) is 20.0 Å². The van der Waals surface area contributed by atoms with Crippen LogP contribution in [0.5, 0.6) is 0 Å². The number of amides is 1. The van der Waals surface area contributed by atoms with Gasteiger partial charge in [-0.05, 0) is 59.5 Å². The van der Waals surface area contributed by atoms with Crippen molar-refractivity contribution in [3.8, 4) is 0 Å². The molecule has 0 aromatic rings. The van der Waals surface area contributed by atoms with Crippen LogP contribution in [0.4, 0.5) is 4.79 Å². The van der Waals surface area contributed by atoms with E-state index in [0.717, 1.165) is 12.8 Å². The predicted molar refractivity (Wildman–Crippen MR) is 90.5 cm³/mol. The summed E-state index contributed by atoms with van der Waals surface area (Å²) in [4.78, 5) is 36.8. The smallest absolute Gasteiger partial charge is 0.410 e. The number of carbonyl (C=O) groups excluding carboxylic acids is 3. The summed E-state index contributed by atoms with van der Waals surface area (Å²) in [6.45, 7) is 11.2. The van der Waals surface area contributed by atoms with Gasteiger partial charge >= 0.3 is 12.1 Å². The van der Waals surface area contributed by atoms with Gasteiger partial charge in [0.15, 0.2) is 11.4 Å². The van der Waals surface area contributed by atoms with E-state index in [-0.39, 0.29) is 17.8 Å². The van der Waals surface area contributed by atoms with E-state index in [9.17, 15) is 14.4 Å². The molecule has 1 heterocycles. The van der Waals surface area contributed by atoms with Gasteiger partial charge in [-0.25, -0.2) is 4.79 Å². The minimum atomic E-state index is -1.15. The van der Waals surface area contributed by atoms with Crippen LogP contribution in [-0.4, -0.2) is 47.0 Å². The van der Waals surface area contributed by atoms with Crippen molar-refractivity contribution in [3.63, 3.8) is 0 Å².